The van der Waals surface area contributed by atoms with Gasteiger partial charge in [0.05, 0.1) is 49.1 Å². The van der Waals surface area contributed by atoms with Crippen LogP contribution in [0.25, 0.3) is 10.6 Å². The van der Waals surface area contributed by atoms with E-state index in [-0.39, 0.29) is 29.3 Å². The van der Waals surface area contributed by atoms with E-state index < -0.39 is 4.92 Å². The van der Waals surface area contributed by atoms with E-state index in [2.05, 4.69) is 15.5 Å². The van der Waals surface area contributed by atoms with Crippen LogP contribution in [0.1, 0.15) is 11.3 Å². The molecule has 1 N–H and O–H groups in total. The number of thiazole rings is 1. The van der Waals surface area contributed by atoms with Crippen molar-refractivity contribution in [3.05, 3.63) is 69.2 Å². The van der Waals surface area contributed by atoms with Crippen molar-refractivity contribution in [3.63, 3.8) is 0 Å². The number of carbonyl (C=O) groups excluding carboxylic acids is 1. The third-order valence-electron chi connectivity index (χ3n) is 4.04. The summed E-state index contributed by atoms with van der Waals surface area (Å²) >= 11 is 1.45. The fraction of sp³-hybridized carbons (Fsp3) is 0.150. The molecule has 3 rings (SSSR count). The smallest absolute Gasteiger partial charge is 0.282 e. The van der Waals surface area contributed by atoms with Crippen LogP contribution in [0.15, 0.2) is 52.9 Å². The molecule has 0 bridgehead atoms. The van der Waals surface area contributed by atoms with E-state index in [9.17, 15) is 14.9 Å². The number of aromatic nitrogens is 1. The molecule has 0 saturated carbocycles. The van der Waals surface area contributed by atoms with Crippen LogP contribution < -0.4 is 14.9 Å². The normalized spacial score (nSPS) is 10.7. The number of carbonyl (C=O) groups is 1. The lowest BCUT2D eigenvalue weighted by molar-refractivity contribution is -0.385. The monoisotopic (exact) mass is 426 g/mol. The van der Waals surface area contributed by atoms with Gasteiger partial charge in [-0.15, -0.1) is 11.3 Å². The number of rotatable bonds is 8. The third-order valence-corrected chi connectivity index (χ3v) is 4.98. The molecule has 1 heterocycles. The molecule has 3 aromatic rings. The van der Waals surface area contributed by atoms with Crippen LogP contribution in [0, 0.1) is 10.1 Å². The molecule has 0 radical (unpaired) electrons. The Bertz CT molecular complexity index is 1080. The Hall–Kier alpha value is -3.79. The number of amides is 1. The van der Waals surface area contributed by atoms with Crippen LogP contribution in [-0.4, -0.2) is 36.2 Å². The van der Waals surface area contributed by atoms with E-state index in [1.165, 1.54) is 43.9 Å². The molecule has 9 nitrogen and oxygen atoms in total. The second-order valence-corrected chi connectivity index (χ2v) is 6.86. The van der Waals surface area contributed by atoms with Crippen LogP contribution in [0.4, 0.5) is 5.69 Å². The first-order chi connectivity index (χ1) is 14.5. The van der Waals surface area contributed by atoms with Crippen molar-refractivity contribution in [1.82, 2.24) is 10.4 Å². The Labute approximate surface area is 176 Å². The van der Waals surface area contributed by atoms with E-state index in [0.717, 1.165) is 10.6 Å². The zero-order valence-electron chi connectivity index (χ0n) is 16.2. The Morgan fingerprint density at radius 1 is 1.23 bits per heavy atom. The number of nitrogens with one attached hydrogen (secondary N) is 1. The maximum Gasteiger partial charge on any atom is 0.282 e. The van der Waals surface area contributed by atoms with Crippen molar-refractivity contribution < 1.29 is 19.2 Å². The summed E-state index contributed by atoms with van der Waals surface area (Å²) < 4.78 is 10.2. The fourth-order valence-electron chi connectivity index (χ4n) is 2.62. The lowest BCUT2D eigenvalue weighted by Gasteiger charge is -2.08. The molecule has 0 atom stereocenters. The van der Waals surface area contributed by atoms with Crippen LogP contribution in [0.3, 0.4) is 0 Å². The Kier molecular flexibility index (Phi) is 6.71. The molecule has 0 unspecified atom stereocenters. The van der Waals surface area contributed by atoms with Gasteiger partial charge in [0.2, 0.25) is 5.91 Å². The first-order valence-electron chi connectivity index (χ1n) is 8.74. The Morgan fingerprint density at radius 2 is 1.93 bits per heavy atom. The summed E-state index contributed by atoms with van der Waals surface area (Å²) in [5.41, 5.74) is 3.90. The summed E-state index contributed by atoms with van der Waals surface area (Å²) in [6, 6.07) is 12.3. The molecule has 1 aromatic heterocycles. The number of nitrogens with zero attached hydrogens (tertiary/aromatic N) is 3. The van der Waals surface area contributed by atoms with Gasteiger partial charge in [0, 0.05) is 10.9 Å². The highest BCUT2D eigenvalue weighted by Gasteiger charge is 2.18. The van der Waals surface area contributed by atoms with Crippen molar-refractivity contribution >= 4 is 29.1 Å². The van der Waals surface area contributed by atoms with Crippen LogP contribution >= 0.6 is 11.3 Å². The highest BCUT2D eigenvalue weighted by Crippen LogP contribution is 2.33. The molecular formula is C20H18N4O5S. The van der Waals surface area contributed by atoms with Crippen LogP contribution in [0.5, 0.6) is 11.5 Å². The predicted molar refractivity (Wildman–Crippen MR) is 113 cm³/mol. The van der Waals surface area contributed by atoms with Gasteiger partial charge in [0.1, 0.15) is 5.01 Å². The quantitative estimate of drug-likeness (QED) is 0.335. The predicted octanol–water partition coefficient (Wildman–Crippen LogP) is 3.43. The summed E-state index contributed by atoms with van der Waals surface area (Å²) in [6.45, 7) is 0. The molecule has 0 spiro atoms. The van der Waals surface area contributed by atoms with Gasteiger partial charge in [-0.25, -0.2) is 10.4 Å². The number of ether oxygens (including phenoxy) is 2. The first kappa shape index (κ1) is 20.9. The Balaban J connectivity index is 1.67. The highest BCUT2D eigenvalue weighted by atomic mass is 32.1. The molecule has 10 heteroatoms. The lowest BCUT2D eigenvalue weighted by atomic mass is 10.1. The molecule has 2 aromatic carbocycles. The average molecular weight is 426 g/mol. The molecule has 0 aliphatic rings. The van der Waals surface area contributed by atoms with E-state index in [1.54, 1.807) is 0 Å². The molecule has 0 aliphatic heterocycles. The van der Waals surface area contributed by atoms with Crippen molar-refractivity contribution in [2.75, 3.05) is 14.2 Å². The molecule has 0 aliphatic carbocycles. The number of nitro benzene ring substituents is 1. The summed E-state index contributed by atoms with van der Waals surface area (Å²) in [4.78, 5) is 27.3. The molecular weight excluding hydrogens is 408 g/mol. The third kappa shape index (κ3) is 4.97. The van der Waals surface area contributed by atoms with Crippen LogP contribution in [-0.2, 0) is 11.2 Å². The fourth-order valence-corrected chi connectivity index (χ4v) is 3.45. The van der Waals surface area contributed by atoms with Gasteiger partial charge < -0.3 is 9.47 Å². The number of nitro groups is 1. The van der Waals surface area contributed by atoms with Crippen molar-refractivity contribution in [2.45, 2.75) is 6.42 Å². The van der Waals surface area contributed by atoms with Gasteiger partial charge in [0.15, 0.2) is 11.5 Å². The van der Waals surface area contributed by atoms with Gasteiger partial charge >= 0.3 is 0 Å². The number of hydrogen-bond acceptors (Lipinski definition) is 8. The number of hydrogen-bond donors (Lipinski definition) is 1. The summed E-state index contributed by atoms with van der Waals surface area (Å²) in [5.74, 6) is 0.147. The zero-order valence-corrected chi connectivity index (χ0v) is 17.0. The molecule has 1 amide bonds. The van der Waals surface area contributed by atoms with Gasteiger partial charge in [-0.1, -0.05) is 30.3 Å². The van der Waals surface area contributed by atoms with Gasteiger partial charge in [-0.2, -0.15) is 5.10 Å². The molecule has 30 heavy (non-hydrogen) atoms. The van der Waals surface area contributed by atoms with Gasteiger partial charge in [-0.3, -0.25) is 14.9 Å². The molecule has 0 saturated heterocycles. The minimum Gasteiger partial charge on any atom is -0.493 e. The highest BCUT2D eigenvalue weighted by molar-refractivity contribution is 7.13. The number of methoxy groups -OCH3 is 2. The summed E-state index contributed by atoms with van der Waals surface area (Å²) in [7, 11) is 2.81. The SMILES string of the molecule is COc1cc(/C=N/NC(=O)Cc2csc(-c3ccccc3)n2)c([N+](=O)[O-])cc1OC. The summed E-state index contributed by atoms with van der Waals surface area (Å²) in [5, 5.41) is 17.8. The minimum atomic E-state index is -0.564. The van der Waals surface area contributed by atoms with E-state index in [0.29, 0.717) is 11.4 Å². The van der Waals surface area contributed by atoms with Crippen molar-refractivity contribution in [3.8, 4) is 22.1 Å². The number of benzene rings is 2. The largest absolute Gasteiger partial charge is 0.493 e. The minimum absolute atomic E-state index is 0.0364. The second-order valence-electron chi connectivity index (χ2n) is 6.00. The Morgan fingerprint density at radius 3 is 2.60 bits per heavy atom. The van der Waals surface area contributed by atoms with Gasteiger partial charge in [0.25, 0.3) is 5.69 Å². The zero-order chi connectivity index (χ0) is 21.5. The average Bonchev–Trinajstić information content (AvgIpc) is 3.22. The summed E-state index contributed by atoms with van der Waals surface area (Å²) in [6.07, 6.45) is 1.23. The molecule has 154 valence electrons. The molecule has 0 fully saturated rings. The van der Waals surface area contributed by atoms with Crippen molar-refractivity contribution in [2.24, 2.45) is 5.10 Å². The van der Waals surface area contributed by atoms with Gasteiger partial charge in [-0.05, 0) is 6.07 Å². The van der Waals surface area contributed by atoms with Crippen molar-refractivity contribution in [1.29, 1.82) is 0 Å². The maximum atomic E-state index is 12.2. The van der Waals surface area contributed by atoms with Crippen LogP contribution in [0.2, 0.25) is 0 Å². The first-order valence-corrected chi connectivity index (χ1v) is 9.62. The van der Waals surface area contributed by atoms with E-state index >= 15 is 0 Å². The van der Waals surface area contributed by atoms with E-state index in [1.807, 2.05) is 35.7 Å². The van der Waals surface area contributed by atoms with E-state index in [4.69, 9.17) is 9.47 Å². The standard InChI is InChI=1S/C20H18N4O5S/c1-28-17-8-14(16(24(26)27)10-18(17)29-2)11-21-23-19(25)9-15-12-30-20(22-15)13-6-4-3-5-7-13/h3-8,10-12H,9H2,1-2H3,(H,23,25)/b21-11+. The topological polar surface area (TPSA) is 116 Å². The lowest BCUT2D eigenvalue weighted by Crippen LogP contribution is -2.20. The second kappa shape index (κ2) is 9.61. The number of hydrazone groups is 1. The maximum absolute atomic E-state index is 12.2.